The zero-order valence-electron chi connectivity index (χ0n) is 17.7. The first kappa shape index (κ1) is 20.9. The fraction of sp³-hybridized carbons (Fsp3) is 0.154. The van der Waals surface area contributed by atoms with Crippen molar-refractivity contribution in [3.63, 3.8) is 0 Å². The lowest BCUT2D eigenvalue weighted by Gasteiger charge is -2.18. The second-order valence-corrected chi connectivity index (χ2v) is 8.10. The van der Waals surface area contributed by atoms with Crippen LogP contribution >= 0.6 is 11.6 Å². The van der Waals surface area contributed by atoms with Crippen molar-refractivity contribution >= 4 is 40.4 Å². The lowest BCUT2D eigenvalue weighted by atomic mass is 10.0. The monoisotopic (exact) mass is 430 g/mol. The smallest absolute Gasteiger partial charge is 0.282 e. The van der Waals surface area contributed by atoms with Gasteiger partial charge in [0.2, 0.25) is 0 Å². The molecule has 31 heavy (non-hydrogen) atoms. The highest BCUT2D eigenvalue weighted by atomic mass is 35.5. The third-order valence-electron chi connectivity index (χ3n) is 5.47. The molecule has 0 bridgehead atoms. The first-order valence-corrected chi connectivity index (χ1v) is 10.6. The molecule has 0 atom stereocenters. The van der Waals surface area contributed by atoms with Crippen molar-refractivity contribution in [3.05, 3.63) is 99.7 Å². The van der Waals surface area contributed by atoms with Gasteiger partial charge in [-0.15, -0.1) is 0 Å². The van der Waals surface area contributed by atoms with Crippen LogP contribution in [0.4, 0.5) is 11.4 Å². The molecular weight excluding hydrogens is 408 g/mol. The Balaban J connectivity index is 1.82. The molecule has 1 aliphatic heterocycles. The number of nitrogens with one attached hydrogen (secondary N) is 1. The second kappa shape index (κ2) is 8.40. The molecule has 5 heteroatoms. The zero-order chi connectivity index (χ0) is 22.1. The van der Waals surface area contributed by atoms with E-state index in [1.165, 1.54) is 10.5 Å². The molecule has 0 aromatic heterocycles. The molecule has 0 radical (unpaired) electrons. The summed E-state index contributed by atoms with van der Waals surface area (Å²) in [5.74, 6) is -0.766. The molecule has 3 aromatic carbocycles. The molecule has 1 N–H and O–H groups in total. The number of hydrogen-bond donors (Lipinski definition) is 1. The standard InChI is InChI=1S/C26H23ClN2O2/c1-4-18-8-13-21(14-9-18)28-24-23(19-10-5-16(2)6-11-19)25(30)29(26(24)31)22-15-20(27)12-7-17(22)3/h5-15,28H,4H2,1-3H3. The number of anilines is 2. The average molecular weight is 431 g/mol. The highest BCUT2D eigenvalue weighted by Crippen LogP contribution is 2.36. The predicted octanol–water partition coefficient (Wildman–Crippen LogP) is 5.92. The van der Waals surface area contributed by atoms with Crippen LogP contribution in [0.15, 0.2) is 72.4 Å². The number of hydrogen-bond acceptors (Lipinski definition) is 3. The number of aryl methyl sites for hydroxylation is 3. The Labute approximate surface area is 187 Å². The summed E-state index contributed by atoms with van der Waals surface area (Å²) in [6, 6.07) is 20.7. The number of halogens is 1. The van der Waals surface area contributed by atoms with Crippen LogP contribution in [0.1, 0.15) is 29.2 Å². The Morgan fingerprint density at radius 1 is 0.871 bits per heavy atom. The van der Waals surface area contributed by atoms with E-state index in [9.17, 15) is 9.59 Å². The van der Waals surface area contributed by atoms with Crippen molar-refractivity contribution in [1.82, 2.24) is 0 Å². The summed E-state index contributed by atoms with van der Waals surface area (Å²) in [5, 5.41) is 3.67. The largest absolute Gasteiger partial charge is 0.350 e. The summed E-state index contributed by atoms with van der Waals surface area (Å²) in [4.78, 5) is 28.2. The second-order valence-electron chi connectivity index (χ2n) is 7.67. The van der Waals surface area contributed by atoms with Crippen LogP contribution in [0.25, 0.3) is 5.57 Å². The summed E-state index contributed by atoms with van der Waals surface area (Å²) < 4.78 is 0. The Kier molecular flexibility index (Phi) is 5.66. The Morgan fingerprint density at radius 3 is 2.19 bits per heavy atom. The SMILES string of the molecule is CCc1ccc(NC2=C(c3ccc(C)cc3)C(=O)N(c3cc(Cl)ccc3C)C2=O)cc1. The molecule has 4 nitrogen and oxygen atoms in total. The van der Waals surface area contributed by atoms with Gasteiger partial charge in [0.15, 0.2) is 0 Å². The first-order valence-electron chi connectivity index (χ1n) is 10.2. The summed E-state index contributed by atoms with van der Waals surface area (Å²) in [6.45, 7) is 5.92. The fourth-order valence-electron chi connectivity index (χ4n) is 3.64. The van der Waals surface area contributed by atoms with Crippen LogP contribution in [-0.2, 0) is 16.0 Å². The van der Waals surface area contributed by atoms with Crippen molar-refractivity contribution in [3.8, 4) is 0 Å². The van der Waals surface area contributed by atoms with Crippen molar-refractivity contribution in [2.75, 3.05) is 10.2 Å². The predicted molar refractivity (Wildman–Crippen MR) is 126 cm³/mol. The zero-order valence-corrected chi connectivity index (χ0v) is 18.5. The van der Waals surface area contributed by atoms with E-state index in [4.69, 9.17) is 11.6 Å². The van der Waals surface area contributed by atoms with Gasteiger partial charge in [0.1, 0.15) is 5.70 Å². The number of amides is 2. The van der Waals surface area contributed by atoms with E-state index >= 15 is 0 Å². The van der Waals surface area contributed by atoms with Gasteiger partial charge >= 0.3 is 0 Å². The van der Waals surface area contributed by atoms with Crippen LogP contribution in [0.5, 0.6) is 0 Å². The molecule has 156 valence electrons. The van der Waals surface area contributed by atoms with E-state index in [0.29, 0.717) is 21.8 Å². The van der Waals surface area contributed by atoms with Gasteiger partial charge in [-0.05, 0) is 61.2 Å². The number of benzene rings is 3. The summed E-state index contributed by atoms with van der Waals surface area (Å²) >= 11 is 6.18. The van der Waals surface area contributed by atoms with E-state index in [1.54, 1.807) is 18.2 Å². The van der Waals surface area contributed by atoms with Crippen molar-refractivity contribution < 1.29 is 9.59 Å². The van der Waals surface area contributed by atoms with Crippen LogP contribution in [0, 0.1) is 13.8 Å². The highest BCUT2D eigenvalue weighted by molar-refractivity contribution is 6.46. The van der Waals surface area contributed by atoms with Crippen molar-refractivity contribution in [2.45, 2.75) is 27.2 Å². The number of imide groups is 1. The molecule has 0 spiro atoms. The molecule has 2 amide bonds. The third kappa shape index (κ3) is 3.99. The van der Waals surface area contributed by atoms with E-state index in [0.717, 1.165) is 23.2 Å². The third-order valence-corrected chi connectivity index (χ3v) is 5.70. The van der Waals surface area contributed by atoms with Crippen LogP contribution < -0.4 is 10.2 Å². The highest BCUT2D eigenvalue weighted by Gasteiger charge is 2.40. The molecule has 0 saturated heterocycles. The lowest BCUT2D eigenvalue weighted by molar-refractivity contribution is -0.120. The van der Waals surface area contributed by atoms with Gasteiger partial charge in [0.25, 0.3) is 11.8 Å². The topological polar surface area (TPSA) is 49.4 Å². The number of nitrogens with zero attached hydrogens (tertiary/aromatic N) is 1. The normalized spacial score (nSPS) is 13.9. The summed E-state index contributed by atoms with van der Waals surface area (Å²) in [5.41, 5.74) is 5.62. The van der Waals surface area contributed by atoms with E-state index in [-0.39, 0.29) is 11.6 Å². The molecule has 4 rings (SSSR count). The fourth-order valence-corrected chi connectivity index (χ4v) is 3.81. The van der Waals surface area contributed by atoms with Gasteiger partial charge in [-0.2, -0.15) is 0 Å². The Hall–Kier alpha value is -3.37. The molecule has 0 saturated carbocycles. The Bertz CT molecular complexity index is 1200. The van der Waals surface area contributed by atoms with Gasteiger partial charge in [-0.1, -0.05) is 66.6 Å². The first-order chi connectivity index (χ1) is 14.9. The Morgan fingerprint density at radius 2 is 1.55 bits per heavy atom. The molecule has 0 unspecified atom stereocenters. The van der Waals surface area contributed by atoms with E-state index < -0.39 is 5.91 Å². The van der Waals surface area contributed by atoms with E-state index in [1.807, 2.05) is 62.4 Å². The number of rotatable bonds is 5. The van der Waals surface area contributed by atoms with E-state index in [2.05, 4.69) is 12.2 Å². The molecule has 0 aliphatic carbocycles. The summed E-state index contributed by atoms with van der Waals surface area (Å²) in [6.07, 6.45) is 0.927. The van der Waals surface area contributed by atoms with Crippen LogP contribution in [0.3, 0.4) is 0 Å². The molecule has 0 fully saturated rings. The minimum absolute atomic E-state index is 0.262. The average Bonchev–Trinajstić information content (AvgIpc) is 3.00. The minimum Gasteiger partial charge on any atom is -0.350 e. The van der Waals surface area contributed by atoms with Crippen LogP contribution in [0.2, 0.25) is 5.02 Å². The molecule has 1 heterocycles. The molecule has 3 aromatic rings. The van der Waals surface area contributed by atoms with Gasteiger partial charge < -0.3 is 5.32 Å². The van der Waals surface area contributed by atoms with Crippen LogP contribution in [-0.4, -0.2) is 11.8 Å². The van der Waals surface area contributed by atoms with Crippen molar-refractivity contribution in [2.24, 2.45) is 0 Å². The number of carbonyl (C=O) groups excluding carboxylic acids is 2. The maximum absolute atomic E-state index is 13.5. The van der Waals surface area contributed by atoms with Gasteiger partial charge in [-0.25, -0.2) is 4.90 Å². The van der Waals surface area contributed by atoms with Gasteiger partial charge in [0.05, 0.1) is 11.3 Å². The minimum atomic E-state index is -0.398. The summed E-state index contributed by atoms with van der Waals surface area (Å²) in [7, 11) is 0. The maximum Gasteiger partial charge on any atom is 0.282 e. The van der Waals surface area contributed by atoms with Crippen molar-refractivity contribution in [1.29, 1.82) is 0 Å². The van der Waals surface area contributed by atoms with Gasteiger partial charge in [0, 0.05) is 10.7 Å². The maximum atomic E-state index is 13.5. The van der Waals surface area contributed by atoms with Gasteiger partial charge in [-0.3, -0.25) is 9.59 Å². The molecule has 1 aliphatic rings. The molecular formula is C26H23ClN2O2. The quantitative estimate of drug-likeness (QED) is 0.511. The number of carbonyl (C=O) groups is 2. The lowest BCUT2D eigenvalue weighted by Crippen LogP contribution is -2.33.